The first-order valence-corrected chi connectivity index (χ1v) is 6.10. The molecule has 0 aromatic heterocycles. The average Bonchev–Trinajstić information content (AvgIpc) is 1.76. The first-order valence-electron chi connectivity index (χ1n) is 2.03. The van der Waals surface area contributed by atoms with E-state index < -0.39 is 45.4 Å². The Morgan fingerprint density at radius 1 is 0.556 bits per heavy atom. The van der Waals surface area contributed by atoms with E-state index >= 15 is 0 Å². The molecule has 0 spiro atoms. The van der Waals surface area contributed by atoms with Gasteiger partial charge in [0.25, 0.3) is 11.4 Å². The van der Waals surface area contributed by atoms with Crippen LogP contribution < -0.4 is 0 Å². The van der Waals surface area contributed by atoms with Crippen molar-refractivity contribution >= 4 is 45.4 Å². The number of hydrogen-bond donors (Lipinski definition) is 2. The Balaban J connectivity index is -0.0000000257. The van der Waals surface area contributed by atoms with E-state index in [1.54, 1.807) is 0 Å². The predicted molar refractivity (Wildman–Crippen MR) is 42.5 cm³/mol. The first kappa shape index (κ1) is 36.7. The van der Waals surface area contributed by atoms with Gasteiger partial charge in [0.15, 0.2) is 0 Å². The van der Waals surface area contributed by atoms with Crippen LogP contribution in [0, 0.1) is 0 Å². The van der Waals surface area contributed by atoms with Crippen molar-refractivity contribution in [2.75, 3.05) is 0 Å². The molecule has 0 aliphatic heterocycles. The molecule has 2 N–H and O–H groups in total. The molecule has 0 amide bonds. The van der Waals surface area contributed by atoms with Crippen molar-refractivity contribution in [1.82, 2.24) is 0 Å². The second-order valence-electron chi connectivity index (χ2n) is 0.843. The summed E-state index contributed by atoms with van der Waals surface area (Å²) in [6.45, 7) is 0. The van der Waals surface area contributed by atoms with Gasteiger partial charge in [0.1, 0.15) is 0 Å². The zero-order valence-corrected chi connectivity index (χ0v) is 14.8. The maximum atomic E-state index is 8.67. The van der Waals surface area contributed by atoms with Crippen LogP contribution in [0.1, 0.15) is 0 Å². The molecule has 120 valence electrons. The average molecular weight is 716 g/mol. The van der Waals surface area contributed by atoms with E-state index in [2.05, 4.69) is 0 Å². The summed E-state index contributed by atoms with van der Waals surface area (Å²) in [5, 5.41) is 0. The zero-order chi connectivity index (χ0) is 14.3. The van der Waals surface area contributed by atoms with Gasteiger partial charge in [-0.25, -0.2) is 0 Å². The van der Waals surface area contributed by atoms with E-state index in [4.69, 9.17) is 53.3 Å². The summed E-state index contributed by atoms with van der Waals surface area (Å²) in [4.78, 5) is 0. The van der Waals surface area contributed by atoms with E-state index in [1.807, 2.05) is 0 Å². The Morgan fingerprint density at radius 3 is 0.556 bits per heavy atom. The Hall–Kier alpha value is 1.76. The topological polar surface area (TPSA) is 247 Å². The molecule has 18 heteroatoms. The molecule has 0 bridgehead atoms. The standard InChI is InChI=1S/2Au.4H2O3S/c;;4*1-4(2)3/h;;4*(H2,1,2,3)/q2*+3;;;;/p-6. The van der Waals surface area contributed by atoms with E-state index in [0.717, 1.165) is 0 Å². The second-order valence-corrected chi connectivity index (χ2v) is 2.53. The third kappa shape index (κ3) is 1610. The van der Waals surface area contributed by atoms with E-state index in [9.17, 15) is 0 Å². The maximum Gasteiger partial charge on any atom is 3.00 e. The fourth-order valence-corrected chi connectivity index (χ4v) is 0. The van der Waals surface area contributed by atoms with Crippen LogP contribution in [0.4, 0.5) is 0 Å². The van der Waals surface area contributed by atoms with Crippen LogP contribution in [0.25, 0.3) is 0 Å². The van der Waals surface area contributed by atoms with Crippen molar-refractivity contribution < 1.29 is 98.0 Å². The molecule has 0 rings (SSSR count). The summed E-state index contributed by atoms with van der Waals surface area (Å²) < 4.78 is 98.8. The van der Waals surface area contributed by atoms with Gasteiger partial charge in [0.2, 0.25) is 0 Å². The van der Waals surface area contributed by atoms with Crippen LogP contribution in [0.5, 0.6) is 0 Å². The maximum absolute atomic E-state index is 8.67. The van der Waals surface area contributed by atoms with E-state index in [0.29, 0.717) is 0 Å². The van der Waals surface area contributed by atoms with Gasteiger partial charge >= 0.3 is 44.8 Å². The van der Waals surface area contributed by atoms with Crippen molar-refractivity contribution in [3.8, 4) is 0 Å². The van der Waals surface area contributed by atoms with Gasteiger partial charge in [0.05, 0.1) is 0 Å². The molecule has 0 aliphatic rings. The second kappa shape index (κ2) is 31.3. The number of hydrogen-bond acceptors (Lipinski definition) is 10. The van der Waals surface area contributed by atoms with Crippen molar-refractivity contribution in [1.29, 1.82) is 0 Å². The molecule has 0 saturated carbocycles. The molecule has 0 aromatic rings. The number of rotatable bonds is 0. The molecule has 0 saturated heterocycles. The zero-order valence-electron chi connectivity index (χ0n) is 7.21. The fraction of sp³-hybridized carbons (Fsp3) is 0. The molecule has 0 aromatic carbocycles. The summed E-state index contributed by atoms with van der Waals surface area (Å²) >= 11 is -11.9. The summed E-state index contributed by atoms with van der Waals surface area (Å²) in [5.41, 5.74) is 0. The molecule has 12 nitrogen and oxygen atoms in total. The van der Waals surface area contributed by atoms with E-state index in [-0.39, 0.29) is 44.8 Å². The third-order valence-corrected chi connectivity index (χ3v) is 0. The van der Waals surface area contributed by atoms with E-state index in [1.165, 1.54) is 0 Å². The van der Waals surface area contributed by atoms with Gasteiger partial charge in [-0.05, 0) is 0 Å². The molecule has 0 aliphatic carbocycles. The molecule has 0 atom stereocenters. The van der Waals surface area contributed by atoms with Gasteiger partial charge in [-0.15, -0.1) is 34.1 Å². The van der Waals surface area contributed by atoms with Gasteiger partial charge in [-0.3, -0.25) is 21.7 Å². The molecule has 0 radical (unpaired) electrons. The minimum absolute atomic E-state index is 0. The van der Waals surface area contributed by atoms with Crippen LogP contribution in [-0.2, 0) is 90.2 Å². The van der Waals surface area contributed by atoms with Crippen molar-refractivity contribution in [3.63, 3.8) is 0 Å². The Labute approximate surface area is 142 Å². The van der Waals surface area contributed by atoms with Crippen LogP contribution in [-0.4, -0.2) is 53.3 Å². The third-order valence-electron chi connectivity index (χ3n) is 0. The quantitative estimate of drug-likeness (QED) is 0.185. The summed E-state index contributed by atoms with van der Waals surface area (Å²) in [5.74, 6) is 0. The Morgan fingerprint density at radius 2 is 0.556 bits per heavy atom. The summed E-state index contributed by atoms with van der Waals surface area (Å²) in [6, 6.07) is 0. The normalized spacial score (nSPS) is 7.78. The van der Waals surface area contributed by atoms with Gasteiger partial charge in [0, 0.05) is 0 Å². The molecular weight excluding hydrogens is 714 g/mol. The monoisotopic (exact) mass is 716 g/mol. The fourth-order valence-electron chi connectivity index (χ4n) is 0. The van der Waals surface area contributed by atoms with Crippen molar-refractivity contribution in [2.24, 2.45) is 0 Å². The predicted octanol–water partition coefficient (Wildman–Crippen LogP) is -3.34. The molecule has 0 unspecified atom stereocenters. The molecule has 0 fully saturated rings. The minimum atomic E-state index is -3.11. The summed E-state index contributed by atoms with van der Waals surface area (Å²) in [6.07, 6.45) is 0. The molecule has 0 heterocycles. The van der Waals surface area contributed by atoms with Crippen LogP contribution >= 0.6 is 0 Å². The van der Waals surface area contributed by atoms with Gasteiger partial charge in [-0.2, -0.15) is 4.21 Å². The smallest absolute Gasteiger partial charge is 0.784 e. The Kier molecular flexibility index (Phi) is 63.8. The van der Waals surface area contributed by atoms with Crippen LogP contribution in [0.15, 0.2) is 0 Å². The molecular formula is H2Au2O12S4. The van der Waals surface area contributed by atoms with Crippen molar-refractivity contribution in [3.05, 3.63) is 0 Å². The first-order chi connectivity index (χ1) is 6.93. The Bertz CT molecular complexity index is 162. The SMILES string of the molecule is O=S(O)O.O=S([O-])[O-].O=S([O-])[O-].O=S([O-])[O-].[Au+3].[Au+3]. The molecule has 18 heavy (non-hydrogen) atoms. The summed E-state index contributed by atoms with van der Waals surface area (Å²) in [7, 11) is 0. The van der Waals surface area contributed by atoms with Crippen LogP contribution in [0.3, 0.4) is 0 Å². The van der Waals surface area contributed by atoms with Gasteiger partial charge < -0.3 is 27.3 Å². The van der Waals surface area contributed by atoms with Gasteiger partial charge in [-0.1, -0.05) is 0 Å². The van der Waals surface area contributed by atoms with Crippen molar-refractivity contribution in [2.45, 2.75) is 0 Å². The van der Waals surface area contributed by atoms with Crippen LogP contribution in [0.2, 0.25) is 0 Å². The largest absolute Gasteiger partial charge is 3.00 e. The minimum Gasteiger partial charge on any atom is -0.784 e.